The molecule has 2 atom stereocenters. The number of hydrogen-bond donors (Lipinski definition) is 0. The van der Waals surface area contributed by atoms with E-state index < -0.39 is 0 Å². The van der Waals surface area contributed by atoms with Gasteiger partial charge in [-0.3, -0.25) is 4.79 Å². The van der Waals surface area contributed by atoms with Crippen molar-refractivity contribution in [3.63, 3.8) is 0 Å². The highest BCUT2D eigenvalue weighted by Gasteiger charge is 2.41. The van der Waals surface area contributed by atoms with Crippen LogP contribution in [0, 0.1) is 5.92 Å². The Morgan fingerprint density at radius 1 is 1.00 bits per heavy atom. The van der Waals surface area contributed by atoms with Gasteiger partial charge in [0.25, 0.3) is 0 Å². The fourth-order valence-corrected chi connectivity index (χ4v) is 4.79. The minimum absolute atomic E-state index is 0.137. The van der Waals surface area contributed by atoms with Crippen LogP contribution in [0.3, 0.4) is 0 Å². The SMILES string of the molecule is CN1C2CCC1CC(C(=O)c1cccc3c1oc1ccccc13)C2. The number of piperidine rings is 1. The highest BCUT2D eigenvalue weighted by atomic mass is 16.3. The topological polar surface area (TPSA) is 33.5 Å². The lowest BCUT2D eigenvalue weighted by Crippen LogP contribution is -2.42. The first kappa shape index (κ1) is 14.2. The van der Waals surface area contributed by atoms with Crippen LogP contribution in [0.1, 0.15) is 36.0 Å². The van der Waals surface area contributed by atoms with Crippen molar-refractivity contribution in [3.05, 3.63) is 48.0 Å². The number of para-hydroxylation sites is 2. The van der Waals surface area contributed by atoms with Crippen LogP contribution in [0.5, 0.6) is 0 Å². The van der Waals surface area contributed by atoms with E-state index in [9.17, 15) is 4.79 Å². The van der Waals surface area contributed by atoms with Crippen molar-refractivity contribution < 1.29 is 9.21 Å². The fourth-order valence-electron chi connectivity index (χ4n) is 4.79. The van der Waals surface area contributed by atoms with Gasteiger partial charge in [0.15, 0.2) is 5.78 Å². The highest BCUT2D eigenvalue weighted by molar-refractivity contribution is 6.14. The average Bonchev–Trinajstić information content (AvgIpc) is 3.06. The Bertz CT molecular complexity index is 927. The summed E-state index contributed by atoms with van der Waals surface area (Å²) >= 11 is 0. The van der Waals surface area contributed by atoms with Crippen LogP contribution in [-0.2, 0) is 0 Å². The number of benzene rings is 2. The number of furan rings is 1. The summed E-state index contributed by atoms with van der Waals surface area (Å²) in [6.45, 7) is 0. The smallest absolute Gasteiger partial charge is 0.169 e. The second-order valence-corrected chi connectivity index (χ2v) is 7.36. The molecule has 2 unspecified atom stereocenters. The largest absolute Gasteiger partial charge is 0.455 e. The number of ketones is 1. The maximum Gasteiger partial charge on any atom is 0.169 e. The lowest BCUT2D eigenvalue weighted by atomic mass is 9.84. The third-order valence-electron chi connectivity index (χ3n) is 6.14. The third kappa shape index (κ3) is 1.97. The second-order valence-electron chi connectivity index (χ2n) is 7.36. The van der Waals surface area contributed by atoms with Crippen LogP contribution in [0.25, 0.3) is 21.9 Å². The molecule has 3 heterocycles. The van der Waals surface area contributed by atoms with Crippen molar-refractivity contribution in [2.45, 2.75) is 37.8 Å². The molecule has 0 amide bonds. The van der Waals surface area contributed by atoms with Gasteiger partial charge in [0, 0.05) is 28.8 Å². The van der Waals surface area contributed by atoms with E-state index in [1.807, 2.05) is 30.3 Å². The standard InChI is InChI=1S/C21H21NO2/c1-22-14-9-10-15(22)12-13(11-14)20(23)18-7-4-6-17-16-5-2-3-8-19(16)24-21(17)18/h2-8,13-15H,9-12H2,1H3. The van der Waals surface area contributed by atoms with E-state index in [2.05, 4.69) is 24.1 Å². The first-order valence-electron chi connectivity index (χ1n) is 8.89. The Kier molecular flexibility index (Phi) is 3.07. The summed E-state index contributed by atoms with van der Waals surface area (Å²) in [4.78, 5) is 15.7. The third-order valence-corrected chi connectivity index (χ3v) is 6.14. The summed E-state index contributed by atoms with van der Waals surface area (Å²) in [6, 6.07) is 15.1. The lowest BCUT2D eigenvalue weighted by molar-refractivity contribution is 0.0768. The van der Waals surface area contributed by atoms with E-state index in [0.29, 0.717) is 12.1 Å². The van der Waals surface area contributed by atoms with Gasteiger partial charge in [-0.15, -0.1) is 0 Å². The number of rotatable bonds is 2. The zero-order chi connectivity index (χ0) is 16.3. The van der Waals surface area contributed by atoms with Crippen molar-refractivity contribution in [2.24, 2.45) is 5.92 Å². The average molecular weight is 319 g/mol. The molecule has 5 rings (SSSR count). The second kappa shape index (κ2) is 5.18. The molecule has 0 saturated carbocycles. The quantitative estimate of drug-likeness (QED) is 0.645. The van der Waals surface area contributed by atoms with Gasteiger partial charge in [-0.25, -0.2) is 0 Å². The Morgan fingerprint density at radius 2 is 1.71 bits per heavy atom. The number of fused-ring (bicyclic) bond motifs is 5. The molecule has 2 aliphatic heterocycles. The van der Waals surface area contributed by atoms with Crippen molar-refractivity contribution in [2.75, 3.05) is 7.05 Å². The molecule has 2 aliphatic rings. The predicted octanol–water partition coefficient (Wildman–Crippen LogP) is 4.64. The molecule has 0 radical (unpaired) electrons. The predicted molar refractivity (Wildman–Crippen MR) is 95.3 cm³/mol. The van der Waals surface area contributed by atoms with Crippen LogP contribution in [0.15, 0.2) is 46.9 Å². The number of nitrogens with zero attached hydrogens (tertiary/aromatic N) is 1. The van der Waals surface area contributed by atoms with Crippen LogP contribution in [0.4, 0.5) is 0 Å². The zero-order valence-corrected chi connectivity index (χ0v) is 13.9. The van der Waals surface area contributed by atoms with E-state index >= 15 is 0 Å². The molecule has 2 bridgehead atoms. The van der Waals surface area contributed by atoms with Gasteiger partial charge >= 0.3 is 0 Å². The summed E-state index contributed by atoms with van der Waals surface area (Å²) in [5, 5.41) is 2.14. The Hall–Kier alpha value is -2.13. The molecule has 3 heteroatoms. The van der Waals surface area contributed by atoms with Crippen molar-refractivity contribution in [1.82, 2.24) is 4.90 Å². The lowest BCUT2D eigenvalue weighted by Gasteiger charge is -2.35. The maximum atomic E-state index is 13.2. The molecule has 3 nitrogen and oxygen atoms in total. The minimum Gasteiger partial charge on any atom is -0.455 e. The maximum absolute atomic E-state index is 13.2. The van der Waals surface area contributed by atoms with Crippen LogP contribution in [-0.4, -0.2) is 29.8 Å². The van der Waals surface area contributed by atoms with E-state index in [1.54, 1.807) is 0 Å². The molecule has 0 N–H and O–H groups in total. The molecule has 24 heavy (non-hydrogen) atoms. The van der Waals surface area contributed by atoms with Crippen LogP contribution < -0.4 is 0 Å². The Balaban J connectivity index is 1.58. The van der Waals surface area contributed by atoms with Crippen molar-refractivity contribution >= 4 is 27.7 Å². The molecular formula is C21H21NO2. The molecule has 2 aromatic carbocycles. The van der Waals surface area contributed by atoms with Gasteiger partial charge in [-0.05, 0) is 44.9 Å². The zero-order valence-electron chi connectivity index (χ0n) is 13.9. The van der Waals surface area contributed by atoms with E-state index in [1.165, 1.54) is 12.8 Å². The van der Waals surface area contributed by atoms with Gasteiger partial charge in [0.1, 0.15) is 11.2 Å². The molecule has 2 saturated heterocycles. The molecule has 3 aromatic rings. The van der Waals surface area contributed by atoms with Gasteiger partial charge in [0.2, 0.25) is 0 Å². The van der Waals surface area contributed by atoms with Crippen molar-refractivity contribution in [1.29, 1.82) is 0 Å². The van der Waals surface area contributed by atoms with Crippen LogP contribution in [0.2, 0.25) is 0 Å². The van der Waals surface area contributed by atoms with Crippen LogP contribution >= 0.6 is 0 Å². The van der Waals surface area contributed by atoms with Gasteiger partial charge in [0.05, 0.1) is 5.56 Å². The number of hydrogen-bond acceptors (Lipinski definition) is 3. The first-order chi connectivity index (χ1) is 11.7. The molecule has 0 spiro atoms. The molecule has 122 valence electrons. The van der Waals surface area contributed by atoms with E-state index in [4.69, 9.17) is 4.42 Å². The number of carbonyl (C=O) groups excluding carboxylic acids is 1. The van der Waals surface area contributed by atoms with Gasteiger partial charge < -0.3 is 9.32 Å². The number of Topliss-reactive ketones (excluding diaryl/α,β-unsaturated/α-hetero) is 1. The normalized spacial score (nSPS) is 27.1. The minimum atomic E-state index is 0.137. The van der Waals surface area contributed by atoms with Gasteiger partial charge in [-0.2, -0.15) is 0 Å². The first-order valence-corrected chi connectivity index (χ1v) is 8.89. The highest BCUT2D eigenvalue weighted by Crippen LogP contribution is 2.40. The summed E-state index contributed by atoms with van der Waals surface area (Å²) in [5.74, 6) is 0.405. The van der Waals surface area contributed by atoms with E-state index in [-0.39, 0.29) is 11.7 Å². The molecule has 0 aliphatic carbocycles. The molecule has 1 aromatic heterocycles. The molecular weight excluding hydrogens is 298 g/mol. The molecule has 2 fully saturated rings. The summed E-state index contributed by atoms with van der Waals surface area (Å²) in [7, 11) is 2.21. The summed E-state index contributed by atoms with van der Waals surface area (Å²) in [5.41, 5.74) is 2.38. The summed E-state index contributed by atoms with van der Waals surface area (Å²) < 4.78 is 6.05. The summed E-state index contributed by atoms with van der Waals surface area (Å²) in [6.07, 6.45) is 4.45. The number of carbonyl (C=O) groups is 1. The van der Waals surface area contributed by atoms with Gasteiger partial charge in [-0.1, -0.05) is 30.3 Å². The monoisotopic (exact) mass is 319 g/mol. The Labute approximate surface area is 141 Å². The van der Waals surface area contributed by atoms with Crippen molar-refractivity contribution in [3.8, 4) is 0 Å². The fraction of sp³-hybridized carbons (Fsp3) is 0.381. The Morgan fingerprint density at radius 3 is 2.50 bits per heavy atom. The van der Waals surface area contributed by atoms with E-state index in [0.717, 1.165) is 40.3 Å².